The van der Waals surface area contributed by atoms with E-state index in [0.29, 0.717) is 0 Å². The van der Waals surface area contributed by atoms with Crippen LogP contribution in [0.3, 0.4) is 0 Å². The molecule has 1 aliphatic carbocycles. The number of methoxy groups -OCH3 is 1. The molecule has 0 spiro atoms. The number of amides is 1. The Morgan fingerprint density at radius 3 is 2.05 bits per heavy atom. The lowest BCUT2D eigenvalue weighted by molar-refractivity contribution is -0.135. The average Bonchev–Trinajstić information content (AvgIpc) is 2.86. The van der Waals surface area contributed by atoms with Gasteiger partial charge in [-0.15, -0.1) is 0 Å². The van der Waals surface area contributed by atoms with Crippen molar-refractivity contribution >= 4 is 11.9 Å². The number of hydrogen-bond donors (Lipinski definition) is 1. The summed E-state index contributed by atoms with van der Waals surface area (Å²) in [4.78, 5) is 24.7. The van der Waals surface area contributed by atoms with Gasteiger partial charge in [0.1, 0.15) is 12.1 Å². The molecule has 0 saturated heterocycles. The fourth-order valence-electron chi connectivity index (χ4n) is 2.42. The molecule has 0 aromatic carbocycles. The lowest BCUT2D eigenvalue weighted by Gasteiger charge is -2.36. The normalized spacial score (nSPS) is 18.4. The van der Waals surface area contributed by atoms with Crippen LogP contribution in [0.15, 0.2) is 0 Å². The first kappa shape index (κ1) is 18.0. The minimum Gasteiger partial charge on any atom is -0.446 e. The Morgan fingerprint density at radius 1 is 1.10 bits per heavy atom. The number of hydrogen-bond acceptors (Lipinski definition) is 4. The quantitative estimate of drug-likeness (QED) is 0.847. The number of Topliss-reactive ketones (excluding diaryl/α,β-unsaturated/α-hetero) is 1. The van der Waals surface area contributed by atoms with Crippen molar-refractivity contribution in [3.05, 3.63) is 0 Å². The van der Waals surface area contributed by atoms with E-state index in [0.717, 1.165) is 25.7 Å². The van der Waals surface area contributed by atoms with E-state index >= 15 is 0 Å². The molecule has 1 aliphatic rings. The summed E-state index contributed by atoms with van der Waals surface area (Å²) in [5, 5.41) is 2.71. The lowest BCUT2D eigenvalue weighted by atomic mass is 9.80. The van der Waals surface area contributed by atoms with Crippen molar-refractivity contribution in [3.8, 4) is 0 Å². The molecule has 0 aromatic rings. The van der Waals surface area contributed by atoms with Gasteiger partial charge in [0.25, 0.3) is 0 Å². The number of alkyl carbamates (subject to hydrolysis) is 1. The molecule has 0 heterocycles. The standard InChI is InChI=1S/C16H29NO4/c1-15(2,3)13(18)12(16(4,5)20-6)17-14(19)21-11-9-7-8-10-11/h11-12H,7-10H2,1-6H3,(H,17,19)/t12-/m1/s1. The van der Waals surface area contributed by atoms with Crippen molar-refractivity contribution in [3.63, 3.8) is 0 Å². The van der Waals surface area contributed by atoms with E-state index in [1.807, 2.05) is 20.8 Å². The largest absolute Gasteiger partial charge is 0.446 e. The number of nitrogens with one attached hydrogen (secondary N) is 1. The van der Waals surface area contributed by atoms with E-state index in [4.69, 9.17) is 9.47 Å². The van der Waals surface area contributed by atoms with Crippen LogP contribution in [0, 0.1) is 5.41 Å². The molecule has 5 heteroatoms. The van der Waals surface area contributed by atoms with Gasteiger partial charge in [0.05, 0.1) is 5.60 Å². The molecule has 0 aromatic heterocycles. The molecule has 0 aliphatic heterocycles. The van der Waals surface area contributed by atoms with Gasteiger partial charge in [0, 0.05) is 12.5 Å². The molecule has 0 bridgehead atoms. The molecule has 0 unspecified atom stereocenters. The molecule has 5 nitrogen and oxygen atoms in total. The summed E-state index contributed by atoms with van der Waals surface area (Å²) in [6.07, 6.45) is 3.42. The van der Waals surface area contributed by atoms with Gasteiger partial charge in [-0.2, -0.15) is 0 Å². The Hall–Kier alpha value is -1.10. The summed E-state index contributed by atoms with van der Waals surface area (Å²) < 4.78 is 10.8. The van der Waals surface area contributed by atoms with Crippen LogP contribution in [-0.4, -0.2) is 36.7 Å². The SMILES string of the molecule is COC(C)(C)[C@H](NC(=O)OC1CCCC1)C(=O)C(C)(C)C. The van der Waals surface area contributed by atoms with E-state index in [1.165, 1.54) is 7.11 Å². The minimum absolute atomic E-state index is 0.0268. The Bertz CT molecular complexity index is 378. The van der Waals surface area contributed by atoms with Crippen LogP contribution in [0.25, 0.3) is 0 Å². The third kappa shape index (κ3) is 4.99. The third-order valence-electron chi connectivity index (χ3n) is 4.06. The fourth-order valence-corrected chi connectivity index (χ4v) is 2.42. The van der Waals surface area contributed by atoms with E-state index in [1.54, 1.807) is 13.8 Å². The van der Waals surface area contributed by atoms with Gasteiger partial charge in [0.2, 0.25) is 0 Å². The van der Waals surface area contributed by atoms with E-state index in [9.17, 15) is 9.59 Å². The van der Waals surface area contributed by atoms with Crippen LogP contribution >= 0.6 is 0 Å². The molecule has 0 radical (unpaired) electrons. The number of carbonyl (C=O) groups is 2. The van der Waals surface area contributed by atoms with Crippen LogP contribution < -0.4 is 5.32 Å². The van der Waals surface area contributed by atoms with Gasteiger partial charge in [-0.3, -0.25) is 4.79 Å². The third-order valence-corrected chi connectivity index (χ3v) is 4.06. The summed E-state index contributed by atoms with van der Waals surface area (Å²) in [5.41, 5.74) is -1.36. The van der Waals surface area contributed by atoms with Gasteiger partial charge >= 0.3 is 6.09 Å². The van der Waals surface area contributed by atoms with Gasteiger partial charge in [0.15, 0.2) is 5.78 Å². The maximum absolute atomic E-state index is 12.6. The summed E-state index contributed by atoms with van der Waals surface area (Å²) >= 11 is 0. The molecular weight excluding hydrogens is 270 g/mol. The maximum Gasteiger partial charge on any atom is 0.408 e. The van der Waals surface area contributed by atoms with E-state index in [2.05, 4.69) is 5.32 Å². The summed E-state index contributed by atoms with van der Waals surface area (Å²) in [7, 11) is 1.53. The molecule has 1 amide bonds. The second-order valence-corrected chi connectivity index (χ2v) is 7.31. The van der Waals surface area contributed by atoms with Crippen molar-refractivity contribution in [1.29, 1.82) is 0 Å². The van der Waals surface area contributed by atoms with Crippen molar-refractivity contribution in [1.82, 2.24) is 5.32 Å². The number of ether oxygens (including phenoxy) is 2. The second-order valence-electron chi connectivity index (χ2n) is 7.31. The zero-order chi connectivity index (χ0) is 16.3. The predicted molar refractivity (Wildman–Crippen MR) is 81.2 cm³/mol. The molecule has 1 saturated carbocycles. The number of carbonyl (C=O) groups excluding carboxylic acids is 2. The minimum atomic E-state index is -0.793. The number of ketones is 1. The zero-order valence-electron chi connectivity index (χ0n) is 14.1. The van der Waals surface area contributed by atoms with Crippen molar-refractivity contribution in [2.75, 3.05) is 7.11 Å². The highest BCUT2D eigenvalue weighted by Crippen LogP contribution is 2.25. The highest BCUT2D eigenvalue weighted by Gasteiger charge is 2.41. The second kappa shape index (κ2) is 6.77. The van der Waals surface area contributed by atoms with Gasteiger partial charge in [-0.25, -0.2) is 4.79 Å². The van der Waals surface area contributed by atoms with E-state index < -0.39 is 23.2 Å². The molecular formula is C16H29NO4. The monoisotopic (exact) mass is 299 g/mol. The van der Waals surface area contributed by atoms with Crippen molar-refractivity contribution in [2.24, 2.45) is 5.41 Å². The topological polar surface area (TPSA) is 64.6 Å². The smallest absolute Gasteiger partial charge is 0.408 e. The Kier molecular flexibility index (Phi) is 5.79. The summed E-state index contributed by atoms with van der Waals surface area (Å²) in [5.74, 6) is -0.0716. The predicted octanol–water partition coefficient (Wildman–Crippen LogP) is 3.06. The highest BCUT2D eigenvalue weighted by atomic mass is 16.6. The molecule has 21 heavy (non-hydrogen) atoms. The Labute approximate surface area is 127 Å². The molecule has 1 fully saturated rings. The summed E-state index contributed by atoms with van der Waals surface area (Å²) in [6, 6.07) is -0.739. The van der Waals surface area contributed by atoms with Crippen LogP contribution in [0.1, 0.15) is 60.3 Å². The molecule has 122 valence electrons. The van der Waals surface area contributed by atoms with Crippen LogP contribution in [-0.2, 0) is 14.3 Å². The lowest BCUT2D eigenvalue weighted by Crippen LogP contribution is -2.58. The average molecular weight is 299 g/mol. The number of rotatable bonds is 5. The first-order chi connectivity index (χ1) is 9.58. The molecule has 1 N–H and O–H groups in total. The summed E-state index contributed by atoms with van der Waals surface area (Å²) in [6.45, 7) is 9.07. The van der Waals surface area contributed by atoms with Crippen LogP contribution in [0.4, 0.5) is 4.79 Å². The first-order valence-corrected chi connectivity index (χ1v) is 7.64. The van der Waals surface area contributed by atoms with Gasteiger partial charge < -0.3 is 14.8 Å². The highest BCUT2D eigenvalue weighted by molar-refractivity contribution is 5.92. The van der Waals surface area contributed by atoms with Gasteiger partial charge in [-0.05, 0) is 39.5 Å². The fraction of sp³-hybridized carbons (Fsp3) is 0.875. The zero-order valence-corrected chi connectivity index (χ0v) is 14.1. The maximum atomic E-state index is 12.6. The Morgan fingerprint density at radius 2 is 1.62 bits per heavy atom. The van der Waals surface area contributed by atoms with Crippen molar-refractivity contribution < 1.29 is 19.1 Å². The van der Waals surface area contributed by atoms with Crippen molar-refractivity contribution in [2.45, 2.75) is 78.0 Å². The van der Waals surface area contributed by atoms with E-state index in [-0.39, 0.29) is 11.9 Å². The Balaban J connectivity index is 2.77. The first-order valence-electron chi connectivity index (χ1n) is 7.64. The van der Waals surface area contributed by atoms with Crippen LogP contribution in [0.5, 0.6) is 0 Å². The van der Waals surface area contributed by atoms with Crippen LogP contribution in [0.2, 0.25) is 0 Å². The molecule has 1 atom stereocenters. The van der Waals surface area contributed by atoms with Gasteiger partial charge in [-0.1, -0.05) is 20.8 Å². The molecule has 1 rings (SSSR count).